The number of hydrogen-bond acceptors (Lipinski definition) is 4. The topological polar surface area (TPSA) is 84.3 Å². The lowest BCUT2D eigenvalue weighted by Gasteiger charge is -2.26. The maximum absolute atomic E-state index is 12.3. The molecule has 1 aromatic rings. The van der Waals surface area contributed by atoms with Gasteiger partial charge in [0, 0.05) is 24.8 Å². The van der Waals surface area contributed by atoms with Crippen LogP contribution < -0.4 is 10.6 Å². The molecule has 0 aliphatic heterocycles. The van der Waals surface area contributed by atoms with Gasteiger partial charge in [-0.1, -0.05) is 6.92 Å². The Kier molecular flexibility index (Phi) is 4.77. The van der Waals surface area contributed by atoms with Crippen molar-refractivity contribution in [3.63, 3.8) is 0 Å². The van der Waals surface area contributed by atoms with E-state index < -0.39 is 4.92 Å². The number of nitro groups is 1. The van der Waals surface area contributed by atoms with Crippen molar-refractivity contribution in [2.75, 3.05) is 12.4 Å². The van der Waals surface area contributed by atoms with E-state index in [-0.39, 0.29) is 23.2 Å². The van der Waals surface area contributed by atoms with E-state index >= 15 is 0 Å². The maximum atomic E-state index is 12.3. The van der Waals surface area contributed by atoms with Gasteiger partial charge in [-0.15, -0.1) is 0 Å². The first-order valence-electron chi connectivity index (χ1n) is 7.28. The van der Waals surface area contributed by atoms with Crippen molar-refractivity contribution in [1.82, 2.24) is 5.32 Å². The van der Waals surface area contributed by atoms with Crippen LogP contribution in [-0.4, -0.2) is 23.9 Å². The van der Waals surface area contributed by atoms with Gasteiger partial charge in [-0.05, 0) is 43.7 Å². The molecule has 0 atom stereocenters. The zero-order valence-electron chi connectivity index (χ0n) is 12.4. The van der Waals surface area contributed by atoms with Crippen molar-refractivity contribution < 1.29 is 9.72 Å². The molecule has 0 spiro atoms. The highest BCUT2D eigenvalue weighted by Gasteiger charge is 2.25. The predicted octanol–water partition coefficient (Wildman–Crippen LogP) is 2.95. The number of amides is 1. The number of hydrogen-bond donors (Lipinski definition) is 2. The number of nitrogens with one attached hydrogen (secondary N) is 2. The minimum absolute atomic E-state index is 0.116. The highest BCUT2D eigenvalue weighted by atomic mass is 16.6. The summed E-state index contributed by atoms with van der Waals surface area (Å²) >= 11 is 0. The van der Waals surface area contributed by atoms with Gasteiger partial charge in [0.25, 0.3) is 11.6 Å². The third kappa shape index (κ3) is 3.71. The minimum atomic E-state index is -0.517. The van der Waals surface area contributed by atoms with Crippen LogP contribution in [0.15, 0.2) is 18.2 Å². The second kappa shape index (κ2) is 6.56. The fourth-order valence-corrected chi connectivity index (χ4v) is 2.70. The molecule has 0 saturated heterocycles. The monoisotopic (exact) mass is 291 g/mol. The molecule has 2 N–H and O–H groups in total. The summed E-state index contributed by atoms with van der Waals surface area (Å²) in [5, 5.41) is 16.9. The van der Waals surface area contributed by atoms with Crippen LogP contribution >= 0.6 is 0 Å². The molecule has 0 radical (unpaired) electrons. The molecule has 114 valence electrons. The van der Waals surface area contributed by atoms with E-state index in [9.17, 15) is 14.9 Å². The number of carbonyl (C=O) groups is 1. The van der Waals surface area contributed by atoms with Gasteiger partial charge in [0.05, 0.1) is 4.92 Å². The molecule has 1 aromatic carbocycles. The number of nitro benzene ring substituents is 1. The summed E-state index contributed by atoms with van der Waals surface area (Å²) < 4.78 is 0. The van der Waals surface area contributed by atoms with Crippen molar-refractivity contribution in [1.29, 1.82) is 0 Å². The summed E-state index contributed by atoms with van der Waals surface area (Å²) in [7, 11) is 1.71. The number of carbonyl (C=O) groups excluding carboxylic acids is 1. The molecule has 0 heterocycles. The van der Waals surface area contributed by atoms with Gasteiger partial charge in [0.15, 0.2) is 0 Å². The number of benzene rings is 1. The molecule has 1 aliphatic rings. The minimum Gasteiger partial charge on any atom is -0.388 e. The van der Waals surface area contributed by atoms with E-state index in [4.69, 9.17) is 0 Å². The summed E-state index contributed by atoms with van der Waals surface area (Å²) in [4.78, 5) is 22.9. The fraction of sp³-hybridized carbons (Fsp3) is 0.533. The first kappa shape index (κ1) is 15.3. The van der Waals surface area contributed by atoms with Gasteiger partial charge in [0.2, 0.25) is 0 Å². The van der Waals surface area contributed by atoms with E-state index in [1.165, 1.54) is 12.1 Å². The third-order valence-corrected chi connectivity index (χ3v) is 4.08. The zero-order chi connectivity index (χ0) is 15.4. The standard InChI is InChI=1S/C15H21N3O3/c1-10-3-5-11(6-4-10)17-15(19)13-9-12(16-2)7-8-14(13)18(20)21/h7-11,16H,3-6H2,1-2H3,(H,17,19). The first-order valence-corrected chi connectivity index (χ1v) is 7.28. The molecular weight excluding hydrogens is 270 g/mol. The molecule has 1 aliphatic carbocycles. The molecule has 0 unspecified atom stereocenters. The van der Waals surface area contributed by atoms with Crippen molar-refractivity contribution in [3.8, 4) is 0 Å². The van der Waals surface area contributed by atoms with E-state index in [1.54, 1.807) is 13.1 Å². The average Bonchev–Trinajstić information content (AvgIpc) is 2.48. The van der Waals surface area contributed by atoms with Gasteiger partial charge in [-0.25, -0.2) is 0 Å². The van der Waals surface area contributed by atoms with Crippen molar-refractivity contribution in [2.24, 2.45) is 5.92 Å². The number of rotatable bonds is 4. The highest BCUT2D eigenvalue weighted by Crippen LogP contribution is 2.26. The van der Waals surface area contributed by atoms with Crippen LogP contribution in [-0.2, 0) is 0 Å². The molecule has 21 heavy (non-hydrogen) atoms. The summed E-state index contributed by atoms with van der Waals surface area (Å²) in [6, 6.07) is 4.60. The van der Waals surface area contributed by atoms with Crippen LogP contribution in [0.4, 0.5) is 11.4 Å². The quantitative estimate of drug-likeness (QED) is 0.660. The lowest BCUT2D eigenvalue weighted by Crippen LogP contribution is -2.37. The Hall–Kier alpha value is -2.11. The first-order chi connectivity index (χ1) is 10.0. The molecule has 0 aromatic heterocycles. The highest BCUT2D eigenvalue weighted by molar-refractivity contribution is 5.99. The normalized spacial score (nSPS) is 21.6. The molecule has 0 bridgehead atoms. The van der Waals surface area contributed by atoms with Crippen LogP contribution in [0.25, 0.3) is 0 Å². The van der Waals surface area contributed by atoms with Gasteiger partial charge in [0.1, 0.15) is 5.56 Å². The van der Waals surface area contributed by atoms with Crippen LogP contribution in [0.2, 0.25) is 0 Å². The van der Waals surface area contributed by atoms with Crippen LogP contribution in [0.1, 0.15) is 43.0 Å². The van der Waals surface area contributed by atoms with E-state index in [1.807, 2.05) is 0 Å². The molecule has 2 rings (SSSR count). The average molecular weight is 291 g/mol. The Morgan fingerprint density at radius 1 is 1.29 bits per heavy atom. The van der Waals surface area contributed by atoms with Crippen molar-refractivity contribution in [2.45, 2.75) is 38.6 Å². The largest absolute Gasteiger partial charge is 0.388 e. The summed E-state index contributed by atoms with van der Waals surface area (Å²) in [6.07, 6.45) is 4.05. The summed E-state index contributed by atoms with van der Waals surface area (Å²) in [6.45, 7) is 2.21. The lowest BCUT2D eigenvalue weighted by molar-refractivity contribution is -0.385. The molecule has 1 amide bonds. The molecule has 1 fully saturated rings. The Morgan fingerprint density at radius 3 is 2.52 bits per heavy atom. The second-order valence-corrected chi connectivity index (χ2v) is 5.67. The SMILES string of the molecule is CNc1ccc([N+](=O)[O-])c(C(=O)NC2CCC(C)CC2)c1. The Balaban J connectivity index is 2.15. The molecule has 6 nitrogen and oxygen atoms in total. The lowest BCUT2D eigenvalue weighted by atomic mass is 9.87. The van der Waals surface area contributed by atoms with Gasteiger partial charge >= 0.3 is 0 Å². The smallest absolute Gasteiger partial charge is 0.282 e. The van der Waals surface area contributed by atoms with Gasteiger partial charge in [-0.2, -0.15) is 0 Å². The Bertz CT molecular complexity index is 537. The van der Waals surface area contributed by atoms with E-state index in [2.05, 4.69) is 17.6 Å². The second-order valence-electron chi connectivity index (χ2n) is 5.67. The summed E-state index contributed by atoms with van der Waals surface area (Å²) in [5.41, 5.74) is 0.643. The zero-order valence-corrected chi connectivity index (χ0v) is 12.4. The Labute approximate surface area is 124 Å². The molecule has 6 heteroatoms. The van der Waals surface area contributed by atoms with Crippen molar-refractivity contribution >= 4 is 17.3 Å². The fourth-order valence-electron chi connectivity index (χ4n) is 2.70. The van der Waals surface area contributed by atoms with Crippen LogP contribution in [0.3, 0.4) is 0 Å². The third-order valence-electron chi connectivity index (χ3n) is 4.08. The van der Waals surface area contributed by atoms with E-state index in [0.29, 0.717) is 11.6 Å². The van der Waals surface area contributed by atoms with Gasteiger partial charge < -0.3 is 10.6 Å². The maximum Gasteiger partial charge on any atom is 0.282 e. The summed E-state index contributed by atoms with van der Waals surface area (Å²) in [5.74, 6) is 0.332. The molecular formula is C15H21N3O3. The number of anilines is 1. The van der Waals surface area contributed by atoms with Gasteiger partial charge in [-0.3, -0.25) is 14.9 Å². The van der Waals surface area contributed by atoms with Crippen molar-refractivity contribution in [3.05, 3.63) is 33.9 Å². The Morgan fingerprint density at radius 2 is 1.95 bits per heavy atom. The van der Waals surface area contributed by atoms with Crippen LogP contribution in [0, 0.1) is 16.0 Å². The van der Waals surface area contributed by atoms with Crippen LogP contribution in [0.5, 0.6) is 0 Å². The predicted molar refractivity (Wildman–Crippen MR) is 81.5 cm³/mol. The van der Waals surface area contributed by atoms with E-state index in [0.717, 1.165) is 25.7 Å². The number of nitrogens with zero attached hydrogens (tertiary/aromatic N) is 1. The molecule has 1 saturated carbocycles.